The summed E-state index contributed by atoms with van der Waals surface area (Å²) in [6.45, 7) is 9.58. The Labute approximate surface area is 327 Å². The summed E-state index contributed by atoms with van der Waals surface area (Å²) in [6, 6.07) is 71.7. The number of hydrogen-bond donors (Lipinski definition) is 0. The van der Waals surface area contributed by atoms with Crippen LogP contribution in [0.1, 0.15) is 29.2 Å². The van der Waals surface area contributed by atoms with E-state index in [1.54, 1.807) is 0 Å². The van der Waals surface area contributed by atoms with Crippen molar-refractivity contribution in [2.24, 2.45) is 0 Å². The summed E-state index contributed by atoms with van der Waals surface area (Å²) in [5, 5.41) is 1.47. The molecule has 2 heteroatoms. The molecule has 55 heavy (non-hydrogen) atoms. The molecule has 0 heterocycles. The highest BCUT2D eigenvalue weighted by Crippen LogP contribution is 2.56. The highest BCUT2D eigenvalue weighted by molar-refractivity contribution is 6.72. The first kappa shape index (κ1) is 34.5. The van der Waals surface area contributed by atoms with Crippen molar-refractivity contribution in [3.05, 3.63) is 216 Å². The highest BCUT2D eigenvalue weighted by Gasteiger charge is 2.42. The van der Waals surface area contributed by atoms with Gasteiger partial charge in [0.2, 0.25) is 0 Å². The summed E-state index contributed by atoms with van der Waals surface area (Å²) in [5.41, 5.74) is 18.7. The lowest BCUT2D eigenvalue weighted by Crippen LogP contribution is -2.26. The van der Waals surface area contributed by atoms with E-state index in [-0.39, 0.29) is 5.41 Å². The normalized spacial score (nSPS) is 14.4. The molecule has 9 rings (SSSR count). The van der Waals surface area contributed by atoms with Crippen molar-refractivity contribution < 1.29 is 0 Å². The molecule has 0 radical (unpaired) electrons. The zero-order valence-corrected chi connectivity index (χ0v) is 33.2. The van der Waals surface area contributed by atoms with E-state index >= 15 is 0 Å². The molecular formula is C53H45NSi. The molecule has 0 N–H and O–H groups in total. The van der Waals surface area contributed by atoms with Gasteiger partial charge in [-0.25, -0.2) is 0 Å². The van der Waals surface area contributed by atoms with Crippen LogP contribution in [0.25, 0.3) is 44.5 Å². The van der Waals surface area contributed by atoms with Crippen molar-refractivity contribution in [1.82, 2.24) is 0 Å². The van der Waals surface area contributed by atoms with E-state index in [1.807, 2.05) is 0 Å². The summed E-state index contributed by atoms with van der Waals surface area (Å²) in [6.07, 6.45) is 0. The van der Waals surface area contributed by atoms with Crippen LogP contribution in [0.15, 0.2) is 194 Å². The Morgan fingerprint density at radius 1 is 0.436 bits per heavy atom. The maximum absolute atomic E-state index is 2.52. The number of fused-ring (bicyclic) bond motifs is 3. The van der Waals surface area contributed by atoms with E-state index < -0.39 is 8.80 Å². The van der Waals surface area contributed by atoms with Crippen LogP contribution in [0.4, 0.5) is 17.1 Å². The minimum absolute atomic E-state index is 0.288. The Kier molecular flexibility index (Phi) is 8.92. The van der Waals surface area contributed by atoms with Gasteiger partial charge in [0, 0.05) is 22.4 Å². The number of rotatable bonds is 8. The lowest BCUT2D eigenvalue weighted by molar-refractivity contribution is 0.714. The number of nitrogens with zero attached hydrogens (tertiary/aromatic N) is 1. The van der Waals surface area contributed by atoms with Crippen LogP contribution in [0.2, 0.25) is 13.1 Å². The van der Waals surface area contributed by atoms with Crippen molar-refractivity contribution in [3.8, 4) is 44.5 Å². The van der Waals surface area contributed by atoms with Crippen molar-refractivity contribution in [1.29, 1.82) is 0 Å². The van der Waals surface area contributed by atoms with Gasteiger partial charge in [0.15, 0.2) is 0 Å². The third-order valence-corrected chi connectivity index (χ3v) is 13.4. The fraction of sp³-hybridized carbons (Fsp3) is 0.0943. The van der Waals surface area contributed by atoms with E-state index in [2.05, 4.69) is 226 Å². The molecule has 8 aromatic carbocycles. The van der Waals surface area contributed by atoms with Gasteiger partial charge < -0.3 is 4.90 Å². The SMILES string of the molecule is Cc1cc(-c2ccccc2)ccc1-c1ccc(N(c2cccc(-c3ccccc3)c2)c2cccc3c2-c2ccccc2C3(C)c2ccccc2)cc1[SiH](C)C. The molecule has 1 aliphatic carbocycles. The average Bonchev–Trinajstić information content (AvgIpc) is 3.51. The van der Waals surface area contributed by atoms with Crippen LogP contribution in [0.3, 0.4) is 0 Å². The van der Waals surface area contributed by atoms with Crippen LogP contribution in [0, 0.1) is 6.92 Å². The lowest BCUT2D eigenvalue weighted by Gasteiger charge is -2.31. The Hall–Kier alpha value is -6.22. The van der Waals surface area contributed by atoms with Gasteiger partial charge in [-0.15, -0.1) is 0 Å². The Balaban J connectivity index is 1.26. The summed E-state index contributed by atoms with van der Waals surface area (Å²) >= 11 is 0. The van der Waals surface area contributed by atoms with Gasteiger partial charge in [-0.05, 0) is 105 Å². The summed E-state index contributed by atoms with van der Waals surface area (Å²) in [7, 11) is -1.31. The molecule has 0 bridgehead atoms. The molecule has 0 aliphatic heterocycles. The zero-order chi connectivity index (χ0) is 37.5. The molecule has 1 unspecified atom stereocenters. The fourth-order valence-electron chi connectivity index (χ4n) is 8.86. The van der Waals surface area contributed by atoms with Crippen molar-refractivity contribution in [2.75, 3.05) is 4.90 Å². The first-order valence-electron chi connectivity index (χ1n) is 19.5. The molecule has 8 aromatic rings. The predicted molar refractivity (Wildman–Crippen MR) is 238 cm³/mol. The molecular weight excluding hydrogens is 679 g/mol. The van der Waals surface area contributed by atoms with Crippen molar-refractivity contribution in [3.63, 3.8) is 0 Å². The molecule has 0 spiro atoms. The monoisotopic (exact) mass is 723 g/mol. The minimum Gasteiger partial charge on any atom is -0.310 e. The lowest BCUT2D eigenvalue weighted by atomic mass is 9.74. The predicted octanol–water partition coefficient (Wildman–Crippen LogP) is 13.5. The fourth-order valence-corrected chi connectivity index (χ4v) is 10.2. The largest absolute Gasteiger partial charge is 0.310 e. The highest BCUT2D eigenvalue weighted by atomic mass is 28.3. The Bertz CT molecular complexity index is 2650. The molecule has 0 saturated carbocycles. The molecule has 1 aliphatic rings. The first-order chi connectivity index (χ1) is 26.9. The average molecular weight is 724 g/mol. The smallest absolute Gasteiger partial charge is 0.0656 e. The molecule has 0 fully saturated rings. The maximum Gasteiger partial charge on any atom is 0.0656 e. The number of anilines is 3. The number of hydrogen-bond acceptors (Lipinski definition) is 1. The topological polar surface area (TPSA) is 3.24 Å². The van der Waals surface area contributed by atoms with E-state index in [9.17, 15) is 0 Å². The van der Waals surface area contributed by atoms with Gasteiger partial charge in [-0.3, -0.25) is 0 Å². The minimum atomic E-state index is -1.31. The third-order valence-electron chi connectivity index (χ3n) is 11.7. The Morgan fingerprint density at radius 3 is 1.69 bits per heavy atom. The van der Waals surface area contributed by atoms with Gasteiger partial charge in [0.05, 0.1) is 14.5 Å². The molecule has 1 atom stereocenters. The zero-order valence-electron chi connectivity index (χ0n) is 32.0. The van der Waals surface area contributed by atoms with Crippen LogP contribution in [-0.2, 0) is 5.41 Å². The van der Waals surface area contributed by atoms with Gasteiger partial charge in [-0.2, -0.15) is 0 Å². The van der Waals surface area contributed by atoms with E-state index in [0.717, 1.165) is 5.69 Å². The van der Waals surface area contributed by atoms with E-state index in [4.69, 9.17) is 0 Å². The molecule has 0 amide bonds. The van der Waals surface area contributed by atoms with Crippen molar-refractivity contribution >= 4 is 31.0 Å². The van der Waals surface area contributed by atoms with Gasteiger partial charge >= 0.3 is 0 Å². The molecule has 0 aromatic heterocycles. The van der Waals surface area contributed by atoms with Gasteiger partial charge in [-0.1, -0.05) is 182 Å². The van der Waals surface area contributed by atoms with Crippen molar-refractivity contribution in [2.45, 2.75) is 32.4 Å². The summed E-state index contributed by atoms with van der Waals surface area (Å²) in [4.78, 5) is 2.52. The van der Waals surface area contributed by atoms with Gasteiger partial charge in [0.1, 0.15) is 0 Å². The molecule has 1 nitrogen and oxygen atoms in total. The number of benzene rings is 8. The Morgan fingerprint density at radius 2 is 1.00 bits per heavy atom. The summed E-state index contributed by atoms with van der Waals surface area (Å²) in [5.74, 6) is 0. The molecule has 266 valence electrons. The van der Waals surface area contributed by atoms with Crippen LogP contribution in [0.5, 0.6) is 0 Å². The van der Waals surface area contributed by atoms with E-state index in [1.165, 1.54) is 83.3 Å². The second-order valence-corrected chi connectivity index (χ2v) is 18.2. The van der Waals surface area contributed by atoms with Gasteiger partial charge in [0.25, 0.3) is 0 Å². The standard InChI is InChI=1S/C53H45NSi/c1-37-34-41(39-20-10-6-11-21-39)30-32-45(37)46-33-31-44(36-51(46)55(3)4)54(43-25-16-22-40(35-43)38-18-8-5-9-19-38)50-29-17-28-49-52(50)47-26-14-15-27-48(47)53(49,2)42-23-12-7-13-24-42/h5-36,55H,1-4H3. The quantitative estimate of drug-likeness (QED) is 0.141. The van der Waals surface area contributed by atoms with Crippen LogP contribution < -0.4 is 10.1 Å². The second kappa shape index (κ2) is 14.2. The second-order valence-electron chi connectivity index (χ2n) is 15.3. The van der Waals surface area contributed by atoms with Crippen LogP contribution >= 0.6 is 0 Å². The molecule has 0 saturated heterocycles. The van der Waals surface area contributed by atoms with Crippen LogP contribution in [-0.4, -0.2) is 8.80 Å². The number of aryl methyl sites for hydroxylation is 1. The third kappa shape index (κ3) is 6.04. The first-order valence-corrected chi connectivity index (χ1v) is 22.4. The van der Waals surface area contributed by atoms with E-state index in [0.29, 0.717) is 0 Å². The summed E-state index contributed by atoms with van der Waals surface area (Å²) < 4.78 is 0. The maximum atomic E-state index is 2.52.